The highest BCUT2D eigenvalue weighted by molar-refractivity contribution is 5.28. The minimum Gasteiger partial charge on any atom is -0.387 e. The summed E-state index contributed by atoms with van der Waals surface area (Å²) < 4.78 is 18.4. The number of aryl methyl sites for hydroxylation is 1. The van der Waals surface area contributed by atoms with Gasteiger partial charge < -0.3 is 9.84 Å². The molecule has 0 radical (unpaired) electrons. The fourth-order valence-electron chi connectivity index (χ4n) is 2.07. The summed E-state index contributed by atoms with van der Waals surface area (Å²) in [5, 5.41) is 10.2. The monoisotopic (exact) mass is 269 g/mol. The second kappa shape index (κ2) is 8.25. The van der Waals surface area contributed by atoms with Gasteiger partial charge in [-0.2, -0.15) is 0 Å². The maximum Gasteiger partial charge on any atom is 0.123 e. The van der Waals surface area contributed by atoms with E-state index in [0.29, 0.717) is 19.8 Å². The van der Waals surface area contributed by atoms with Crippen molar-refractivity contribution in [3.63, 3.8) is 0 Å². The van der Waals surface area contributed by atoms with E-state index in [2.05, 4.69) is 11.8 Å². The van der Waals surface area contributed by atoms with Crippen LogP contribution >= 0.6 is 0 Å². The Morgan fingerprint density at radius 2 is 2.11 bits per heavy atom. The highest BCUT2D eigenvalue weighted by Gasteiger charge is 2.14. The Kier molecular flexibility index (Phi) is 6.99. The Morgan fingerprint density at radius 1 is 1.37 bits per heavy atom. The molecule has 0 aliphatic carbocycles. The molecule has 1 unspecified atom stereocenters. The maximum absolute atomic E-state index is 13.0. The number of ether oxygens (including phenoxy) is 1. The molecule has 3 nitrogen and oxygen atoms in total. The highest BCUT2D eigenvalue weighted by Crippen LogP contribution is 2.19. The molecule has 0 aliphatic rings. The molecule has 4 heteroatoms. The van der Waals surface area contributed by atoms with Gasteiger partial charge in [0.25, 0.3) is 0 Å². The number of rotatable bonds is 8. The molecule has 0 aromatic heterocycles. The molecule has 0 fully saturated rings. The summed E-state index contributed by atoms with van der Waals surface area (Å²) in [6.45, 7) is 9.39. The SMILES string of the molecule is CCOCCN(CC)CC(O)c1ccc(F)cc1C. The number of halogens is 1. The third-order valence-corrected chi connectivity index (χ3v) is 3.23. The molecule has 1 aromatic rings. The lowest BCUT2D eigenvalue weighted by Gasteiger charge is -2.24. The number of aliphatic hydroxyl groups is 1. The van der Waals surface area contributed by atoms with E-state index in [4.69, 9.17) is 4.74 Å². The van der Waals surface area contributed by atoms with Gasteiger partial charge in [-0.1, -0.05) is 13.0 Å². The normalized spacial score (nSPS) is 12.9. The van der Waals surface area contributed by atoms with Crippen LogP contribution in [0.2, 0.25) is 0 Å². The Hall–Kier alpha value is -0.970. The van der Waals surface area contributed by atoms with Crippen LogP contribution < -0.4 is 0 Å². The number of nitrogens with zero attached hydrogens (tertiary/aromatic N) is 1. The van der Waals surface area contributed by atoms with Crippen molar-refractivity contribution in [3.8, 4) is 0 Å². The lowest BCUT2D eigenvalue weighted by molar-refractivity contribution is 0.0789. The second-order valence-corrected chi connectivity index (χ2v) is 4.61. The zero-order chi connectivity index (χ0) is 14.3. The molecule has 0 bridgehead atoms. The van der Waals surface area contributed by atoms with E-state index in [9.17, 15) is 9.50 Å². The molecular weight excluding hydrogens is 245 g/mol. The van der Waals surface area contributed by atoms with Crippen molar-refractivity contribution >= 4 is 0 Å². The molecule has 19 heavy (non-hydrogen) atoms. The first-order valence-corrected chi connectivity index (χ1v) is 6.82. The quantitative estimate of drug-likeness (QED) is 0.736. The number of hydrogen-bond acceptors (Lipinski definition) is 3. The molecule has 1 N–H and O–H groups in total. The van der Waals surface area contributed by atoms with E-state index >= 15 is 0 Å². The van der Waals surface area contributed by atoms with Crippen molar-refractivity contribution in [2.75, 3.05) is 32.8 Å². The van der Waals surface area contributed by atoms with Crippen LogP contribution in [0.15, 0.2) is 18.2 Å². The summed E-state index contributed by atoms with van der Waals surface area (Å²) in [7, 11) is 0. The molecule has 0 saturated heterocycles. The fourth-order valence-corrected chi connectivity index (χ4v) is 2.07. The molecule has 1 aromatic carbocycles. The Bertz CT molecular complexity index is 384. The number of benzene rings is 1. The first kappa shape index (κ1) is 16.1. The van der Waals surface area contributed by atoms with Crippen molar-refractivity contribution in [1.29, 1.82) is 0 Å². The van der Waals surface area contributed by atoms with Crippen LogP contribution in [0.1, 0.15) is 31.1 Å². The van der Waals surface area contributed by atoms with E-state index in [0.717, 1.165) is 24.2 Å². The van der Waals surface area contributed by atoms with Gasteiger partial charge in [0.05, 0.1) is 12.7 Å². The molecule has 1 rings (SSSR count). The van der Waals surface area contributed by atoms with E-state index in [1.165, 1.54) is 12.1 Å². The van der Waals surface area contributed by atoms with Gasteiger partial charge in [-0.25, -0.2) is 4.39 Å². The van der Waals surface area contributed by atoms with Crippen molar-refractivity contribution in [2.45, 2.75) is 26.9 Å². The van der Waals surface area contributed by atoms with Crippen molar-refractivity contribution in [1.82, 2.24) is 4.90 Å². The first-order valence-electron chi connectivity index (χ1n) is 6.82. The lowest BCUT2D eigenvalue weighted by Crippen LogP contribution is -2.32. The van der Waals surface area contributed by atoms with Crippen molar-refractivity contribution in [2.24, 2.45) is 0 Å². The van der Waals surface area contributed by atoms with Crippen LogP contribution in [0.5, 0.6) is 0 Å². The molecule has 0 heterocycles. The van der Waals surface area contributed by atoms with Gasteiger partial charge in [0.15, 0.2) is 0 Å². The lowest BCUT2D eigenvalue weighted by atomic mass is 10.0. The Labute approximate surface area is 115 Å². The summed E-state index contributed by atoms with van der Waals surface area (Å²) in [6.07, 6.45) is -0.595. The highest BCUT2D eigenvalue weighted by atomic mass is 19.1. The van der Waals surface area contributed by atoms with Gasteiger partial charge in [-0.3, -0.25) is 4.90 Å². The topological polar surface area (TPSA) is 32.7 Å². The average molecular weight is 269 g/mol. The number of aliphatic hydroxyl groups excluding tert-OH is 1. The van der Waals surface area contributed by atoms with Crippen LogP contribution in [0, 0.1) is 12.7 Å². The van der Waals surface area contributed by atoms with E-state index < -0.39 is 6.10 Å². The van der Waals surface area contributed by atoms with Gasteiger partial charge in [-0.05, 0) is 43.7 Å². The van der Waals surface area contributed by atoms with Crippen LogP contribution in [-0.2, 0) is 4.74 Å². The summed E-state index contributed by atoms with van der Waals surface area (Å²) in [5.41, 5.74) is 1.57. The smallest absolute Gasteiger partial charge is 0.123 e. The molecule has 0 aliphatic heterocycles. The predicted octanol–water partition coefficient (Wildman–Crippen LogP) is 2.53. The predicted molar refractivity (Wildman–Crippen MR) is 74.7 cm³/mol. The van der Waals surface area contributed by atoms with E-state index in [-0.39, 0.29) is 5.82 Å². The van der Waals surface area contributed by atoms with Crippen LogP contribution in [-0.4, -0.2) is 42.9 Å². The summed E-state index contributed by atoms with van der Waals surface area (Å²) in [6, 6.07) is 4.50. The minimum atomic E-state index is -0.595. The third-order valence-electron chi connectivity index (χ3n) is 3.23. The van der Waals surface area contributed by atoms with Gasteiger partial charge in [0, 0.05) is 19.7 Å². The third kappa shape index (κ3) is 5.27. The molecule has 1 atom stereocenters. The zero-order valence-corrected chi connectivity index (χ0v) is 12.0. The maximum atomic E-state index is 13.0. The molecule has 0 amide bonds. The largest absolute Gasteiger partial charge is 0.387 e. The Morgan fingerprint density at radius 3 is 2.68 bits per heavy atom. The number of hydrogen-bond donors (Lipinski definition) is 1. The molecular formula is C15H24FNO2. The second-order valence-electron chi connectivity index (χ2n) is 4.61. The standard InChI is InChI=1S/C15H24FNO2/c1-4-17(8-9-19-5-2)11-15(18)14-7-6-13(16)10-12(14)3/h6-7,10,15,18H,4-5,8-9,11H2,1-3H3. The van der Waals surface area contributed by atoms with Gasteiger partial charge in [0.2, 0.25) is 0 Å². The van der Waals surface area contributed by atoms with Gasteiger partial charge >= 0.3 is 0 Å². The first-order chi connectivity index (χ1) is 9.08. The van der Waals surface area contributed by atoms with Crippen LogP contribution in [0.25, 0.3) is 0 Å². The van der Waals surface area contributed by atoms with Crippen molar-refractivity contribution < 1.29 is 14.2 Å². The molecule has 108 valence electrons. The van der Waals surface area contributed by atoms with E-state index in [1.54, 1.807) is 6.07 Å². The summed E-state index contributed by atoms with van der Waals surface area (Å²) in [5.74, 6) is -0.267. The van der Waals surface area contributed by atoms with Crippen LogP contribution in [0.4, 0.5) is 4.39 Å². The van der Waals surface area contributed by atoms with Crippen molar-refractivity contribution in [3.05, 3.63) is 35.1 Å². The van der Waals surface area contributed by atoms with Gasteiger partial charge in [-0.15, -0.1) is 0 Å². The average Bonchev–Trinajstić information content (AvgIpc) is 2.37. The molecule has 0 spiro atoms. The zero-order valence-electron chi connectivity index (χ0n) is 12.0. The molecule has 0 saturated carbocycles. The Balaban J connectivity index is 2.58. The van der Waals surface area contributed by atoms with E-state index in [1.807, 2.05) is 13.8 Å². The number of likely N-dealkylation sites (N-methyl/N-ethyl adjacent to an activating group) is 1. The minimum absolute atomic E-state index is 0.267. The fraction of sp³-hybridized carbons (Fsp3) is 0.600. The summed E-state index contributed by atoms with van der Waals surface area (Å²) in [4.78, 5) is 2.13. The van der Waals surface area contributed by atoms with Gasteiger partial charge in [0.1, 0.15) is 5.82 Å². The summed E-state index contributed by atoms with van der Waals surface area (Å²) >= 11 is 0. The van der Waals surface area contributed by atoms with Crippen LogP contribution in [0.3, 0.4) is 0 Å².